The van der Waals surface area contributed by atoms with Crippen LogP contribution in [0.3, 0.4) is 0 Å². The SMILES string of the molecule is O=C(O)CN1CCN(CC(=O)O)CCN(CC(=O)Nc2ccc(Cc3ccc(NC(=O)CN4CCN(CC(=O)O)CCN(CC(=O)O)CCN(CC(=O)O)CC4)cc3)cc2)CCN(CC(=O)O)CC1. The van der Waals surface area contributed by atoms with Crippen LogP contribution in [0.5, 0.6) is 0 Å². The summed E-state index contributed by atoms with van der Waals surface area (Å²) in [6, 6.07) is 14.6. The van der Waals surface area contributed by atoms with Crippen molar-refractivity contribution in [3.05, 3.63) is 59.7 Å². The van der Waals surface area contributed by atoms with Crippen molar-refractivity contribution in [2.45, 2.75) is 6.42 Å². The average Bonchev–Trinajstić information content (AvgIpc) is 3.25. The van der Waals surface area contributed by atoms with Crippen LogP contribution in [0.2, 0.25) is 0 Å². The number of carbonyl (C=O) groups excluding carboxylic acids is 2. The summed E-state index contributed by atoms with van der Waals surface area (Å²) < 4.78 is 0. The molecule has 2 saturated heterocycles. The molecule has 0 radical (unpaired) electrons. The topological polar surface area (TPSA) is 308 Å². The number of nitrogens with one attached hydrogen (secondary N) is 2. The zero-order valence-electron chi connectivity index (χ0n) is 38.8. The summed E-state index contributed by atoms with van der Waals surface area (Å²) in [5, 5.41) is 62.6. The molecule has 0 atom stereocenters. The average molecular weight is 971 g/mol. The van der Waals surface area contributed by atoms with E-state index in [0.717, 1.165) is 11.1 Å². The molecule has 24 heteroatoms. The van der Waals surface area contributed by atoms with Crippen molar-refractivity contribution in [1.29, 1.82) is 0 Å². The highest BCUT2D eigenvalue weighted by Crippen LogP contribution is 2.17. The minimum absolute atomic E-state index is 0.0387. The molecule has 2 aliphatic heterocycles. The van der Waals surface area contributed by atoms with Gasteiger partial charge in [-0.1, -0.05) is 24.3 Å². The first kappa shape index (κ1) is 55.5. The number of nitrogens with zero attached hydrogens (tertiary/aromatic N) is 8. The van der Waals surface area contributed by atoms with Crippen LogP contribution >= 0.6 is 0 Å². The molecule has 8 N–H and O–H groups in total. The highest BCUT2D eigenvalue weighted by Gasteiger charge is 2.23. The molecule has 4 rings (SSSR count). The Bertz CT molecular complexity index is 1820. The van der Waals surface area contributed by atoms with Gasteiger partial charge in [-0.15, -0.1) is 0 Å². The minimum atomic E-state index is -1.04. The summed E-state index contributed by atoms with van der Waals surface area (Å²) >= 11 is 0. The van der Waals surface area contributed by atoms with Gasteiger partial charge < -0.3 is 41.3 Å². The van der Waals surface area contributed by atoms with Crippen molar-refractivity contribution >= 4 is 59.0 Å². The van der Waals surface area contributed by atoms with Crippen molar-refractivity contribution in [3.8, 4) is 0 Å². The first-order valence-electron chi connectivity index (χ1n) is 22.7. The quantitative estimate of drug-likeness (QED) is 0.0719. The molecule has 69 heavy (non-hydrogen) atoms. The maximum atomic E-state index is 13.3. The molecule has 2 heterocycles. The van der Waals surface area contributed by atoms with Gasteiger partial charge in [0.15, 0.2) is 0 Å². The number of benzene rings is 2. The maximum absolute atomic E-state index is 13.3. The fraction of sp³-hybridized carbons (Fsp3) is 0.556. The number of carbonyl (C=O) groups is 8. The van der Waals surface area contributed by atoms with E-state index in [2.05, 4.69) is 10.6 Å². The third kappa shape index (κ3) is 23.2. The molecule has 2 aliphatic rings. The third-order valence-electron chi connectivity index (χ3n) is 11.6. The van der Waals surface area contributed by atoms with Crippen molar-refractivity contribution in [3.63, 3.8) is 0 Å². The Kier molecular flexibility index (Phi) is 23.3. The van der Waals surface area contributed by atoms with E-state index >= 15 is 0 Å². The number of carboxylic acids is 6. The van der Waals surface area contributed by atoms with Crippen LogP contribution in [0.1, 0.15) is 11.1 Å². The molecule has 0 unspecified atom stereocenters. The van der Waals surface area contributed by atoms with Gasteiger partial charge in [0, 0.05) is 116 Å². The molecule has 2 fully saturated rings. The van der Waals surface area contributed by atoms with E-state index in [1.165, 1.54) is 0 Å². The van der Waals surface area contributed by atoms with Crippen LogP contribution in [0.4, 0.5) is 11.4 Å². The minimum Gasteiger partial charge on any atom is -0.480 e. The van der Waals surface area contributed by atoms with Crippen LogP contribution in [0, 0.1) is 0 Å². The standard InChI is InChI=1S/C45H66N10O14/c56-38(26-48-9-13-50(28-40(58)59)17-21-54(32-44(66)67)22-18-51(14-10-48)29-41(60)61)46-36-5-1-34(2-6-36)25-35-3-7-37(8-4-35)47-39(57)27-49-11-15-52(30-42(62)63)19-23-55(33-45(68)69)24-20-53(16-12-49)31-43(64)65/h1-8H,9-33H2,(H,46,56)(H,47,57)(H,58,59)(H,60,61)(H,62,63)(H,64,65)(H,66,67)(H,68,69). The molecule has 0 bridgehead atoms. The number of anilines is 2. The van der Waals surface area contributed by atoms with E-state index in [0.29, 0.717) is 44.0 Å². The smallest absolute Gasteiger partial charge is 0.317 e. The van der Waals surface area contributed by atoms with E-state index < -0.39 is 35.8 Å². The summed E-state index contributed by atoms with van der Waals surface area (Å²) in [6.07, 6.45) is 0.547. The highest BCUT2D eigenvalue weighted by molar-refractivity contribution is 5.93. The number of rotatable bonds is 20. The summed E-state index contributed by atoms with van der Waals surface area (Å²) in [6.45, 7) is 2.84. The summed E-state index contributed by atoms with van der Waals surface area (Å²) in [4.78, 5) is 110. The Morgan fingerprint density at radius 3 is 0.652 bits per heavy atom. The second-order valence-electron chi connectivity index (χ2n) is 17.2. The van der Waals surface area contributed by atoms with Crippen LogP contribution < -0.4 is 10.6 Å². The lowest BCUT2D eigenvalue weighted by Gasteiger charge is -2.32. The molecule has 2 aromatic rings. The Labute approximate surface area is 400 Å². The van der Waals surface area contributed by atoms with Crippen LogP contribution in [-0.4, -0.2) is 275 Å². The van der Waals surface area contributed by atoms with Gasteiger partial charge in [-0.2, -0.15) is 0 Å². The normalized spacial score (nSPS) is 18.1. The molecule has 2 aromatic carbocycles. The molecule has 0 aromatic heterocycles. The van der Waals surface area contributed by atoms with Crippen LogP contribution in [0.15, 0.2) is 48.5 Å². The van der Waals surface area contributed by atoms with Crippen molar-refractivity contribution in [2.75, 3.05) is 168 Å². The number of hydrogen-bond donors (Lipinski definition) is 8. The van der Waals surface area contributed by atoms with Gasteiger partial charge in [0.05, 0.1) is 52.4 Å². The van der Waals surface area contributed by atoms with E-state index in [-0.39, 0.29) is 143 Å². The first-order chi connectivity index (χ1) is 32.9. The van der Waals surface area contributed by atoms with Gasteiger partial charge in [0.2, 0.25) is 11.8 Å². The zero-order valence-corrected chi connectivity index (χ0v) is 38.8. The third-order valence-corrected chi connectivity index (χ3v) is 11.6. The lowest BCUT2D eigenvalue weighted by atomic mass is 10.0. The zero-order chi connectivity index (χ0) is 50.3. The second kappa shape index (κ2) is 29.0. The Balaban J connectivity index is 1.32. The van der Waals surface area contributed by atoms with E-state index in [4.69, 9.17) is 0 Å². The fourth-order valence-electron chi connectivity index (χ4n) is 8.02. The molecule has 380 valence electrons. The van der Waals surface area contributed by atoms with Crippen LogP contribution in [0.25, 0.3) is 0 Å². The second-order valence-corrected chi connectivity index (χ2v) is 17.2. The predicted octanol–water partition coefficient (Wildman–Crippen LogP) is -1.89. The molecule has 0 aliphatic carbocycles. The molecular weight excluding hydrogens is 905 g/mol. The Hall–Kier alpha value is -6.12. The van der Waals surface area contributed by atoms with Crippen molar-refractivity contribution < 1.29 is 69.0 Å². The molecule has 0 spiro atoms. The first-order valence-corrected chi connectivity index (χ1v) is 22.7. The van der Waals surface area contributed by atoms with E-state index in [1.807, 2.05) is 34.1 Å². The van der Waals surface area contributed by atoms with E-state index in [9.17, 15) is 69.0 Å². The summed E-state index contributed by atoms with van der Waals surface area (Å²) in [5.41, 5.74) is 3.01. The van der Waals surface area contributed by atoms with Gasteiger partial charge in [-0.05, 0) is 41.8 Å². The molecule has 2 amide bonds. The van der Waals surface area contributed by atoms with Gasteiger partial charge in [-0.3, -0.25) is 77.6 Å². The van der Waals surface area contributed by atoms with Gasteiger partial charge in [0.1, 0.15) is 0 Å². The van der Waals surface area contributed by atoms with Crippen LogP contribution in [-0.2, 0) is 44.8 Å². The van der Waals surface area contributed by atoms with Crippen molar-refractivity contribution in [1.82, 2.24) is 39.2 Å². The number of amides is 2. The molecule has 24 nitrogen and oxygen atoms in total. The van der Waals surface area contributed by atoms with E-state index in [1.54, 1.807) is 53.7 Å². The number of carboxylic acid groups (broad SMARTS) is 6. The molecular formula is C45H66N10O14. The number of aliphatic carboxylic acids is 6. The van der Waals surface area contributed by atoms with Crippen molar-refractivity contribution in [2.24, 2.45) is 0 Å². The van der Waals surface area contributed by atoms with Gasteiger partial charge >= 0.3 is 35.8 Å². The predicted molar refractivity (Wildman–Crippen MR) is 250 cm³/mol. The fourth-order valence-corrected chi connectivity index (χ4v) is 8.02. The Morgan fingerprint density at radius 1 is 0.304 bits per heavy atom. The summed E-state index contributed by atoms with van der Waals surface area (Å²) in [5.74, 6) is -6.87. The number of hydrogen-bond acceptors (Lipinski definition) is 16. The lowest BCUT2D eigenvalue weighted by molar-refractivity contribution is -0.140. The highest BCUT2D eigenvalue weighted by atomic mass is 16.4. The lowest BCUT2D eigenvalue weighted by Crippen LogP contribution is -2.49. The largest absolute Gasteiger partial charge is 0.480 e. The maximum Gasteiger partial charge on any atom is 0.317 e. The summed E-state index contributed by atoms with van der Waals surface area (Å²) in [7, 11) is 0. The Morgan fingerprint density at radius 2 is 0.478 bits per heavy atom. The molecule has 0 saturated carbocycles. The van der Waals surface area contributed by atoms with Gasteiger partial charge in [-0.25, -0.2) is 0 Å². The monoisotopic (exact) mass is 970 g/mol. The van der Waals surface area contributed by atoms with Gasteiger partial charge in [0.25, 0.3) is 0 Å².